The molecule has 0 amide bonds. The Morgan fingerprint density at radius 1 is 0.842 bits per heavy atom. The molecule has 0 aliphatic rings. The van der Waals surface area contributed by atoms with E-state index in [9.17, 15) is 5.11 Å². The number of benzene rings is 3. The summed E-state index contributed by atoms with van der Waals surface area (Å²) >= 11 is 0. The van der Waals surface area contributed by atoms with Gasteiger partial charge in [0, 0.05) is 16.7 Å². The summed E-state index contributed by atoms with van der Waals surface area (Å²) in [5.74, 6) is 2.93. The maximum atomic E-state index is 10.2. The van der Waals surface area contributed by atoms with Gasteiger partial charge in [0.25, 0.3) is 0 Å². The lowest BCUT2D eigenvalue weighted by Gasteiger charge is -2.11. The summed E-state index contributed by atoms with van der Waals surface area (Å²) in [7, 11) is 0. The topological polar surface area (TPSA) is 20.2 Å². The summed E-state index contributed by atoms with van der Waals surface area (Å²) in [5.41, 5.74) is 2.47. The van der Waals surface area contributed by atoms with Gasteiger partial charge >= 0.3 is 0 Å². The van der Waals surface area contributed by atoms with E-state index in [0.717, 1.165) is 27.5 Å². The van der Waals surface area contributed by atoms with E-state index in [1.165, 1.54) is 0 Å². The van der Waals surface area contributed by atoms with Crippen molar-refractivity contribution in [2.24, 2.45) is 0 Å². The summed E-state index contributed by atoms with van der Waals surface area (Å²) in [6, 6.07) is 19.2. The van der Waals surface area contributed by atoms with Crippen LogP contribution in [0.15, 0.2) is 60.7 Å². The molecule has 3 aromatic carbocycles. The Bertz CT molecular complexity index is 794. The molecule has 0 unspecified atom stereocenters. The fraction of sp³-hybridized carbons (Fsp3) is 0. The molecule has 3 rings (SSSR count). The highest BCUT2D eigenvalue weighted by Gasteiger charge is 2.11. The van der Waals surface area contributed by atoms with Crippen molar-refractivity contribution < 1.29 is 5.11 Å². The molecule has 90 valence electrons. The molecule has 0 radical (unpaired) electrons. The number of phenols is 1. The predicted molar refractivity (Wildman–Crippen MR) is 79.0 cm³/mol. The number of aromatic hydroxyl groups is 1. The van der Waals surface area contributed by atoms with Crippen molar-refractivity contribution in [1.29, 1.82) is 0 Å². The molecular formula is C18H12O. The maximum Gasteiger partial charge on any atom is 0.124 e. The largest absolute Gasteiger partial charge is 0.507 e. The molecule has 0 atom stereocenters. The van der Waals surface area contributed by atoms with Crippen LogP contribution in [0.1, 0.15) is 5.56 Å². The van der Waals surface area contributed by atoms with Gasteiger partial charge in [0.15, 0.2) is 0 Å². The second-order valence-electron chi connectivity index (χ2n) is 4.37. The lowest BCUT2D eigenvalue weighted by molar-refractivity contribution is 0.478. The summed E-state index contributed by atoms with van der Waals surface area (Å²) in [5, 5.41) is 12.3. The van der Waals surface area contributed by atoms with Crippen LogP contribution in [0.2, 0.25) is 0 Å². The van der Waals surface area contributed by atoms with Crippen LogP contribution in [0.5, 0.6) is 5.75 Å². The van der Waals surface area contributed by atoms with Crippen molar-refractivity contribution >= 4 is 10.8 Å². The molecule has 0 aliphatic carbocycles. The van der Waals surface area contributed by atoms with E-state index < -0.39 is 0 Å². The van der Waals surface area contributed by atoms with Gasteiger partial charge in [0.05, 0.1) is 0 Å². The first-order valence-electron chi connectivity index (χ1n) is 6.08. The average Bonchev–Trinajstić information content (AvgIpc) is 2.47. The molecule has 0 heterocycles. The Morgan fingerprint density at radius 2 is 1.58 bits per heavy atom. The second kappa shape index (κ2) is 4.51. The van der Waals surface area contributed by atoms with Gasteiger partial charge in [-0.05, 0) is 22.9 Å². The Morgan fingerprint density at radius 3 is 2.42 bits per heavy atom. The molecular weight excluding hydrogens is 232 g/mol. The molecule has 19 heavy (non-hydrogen) atoms. The fourth-order valence-corrected chi connectivity index (χ4v) is 2.37. The summed E-state index contributed by atoms with van der Waals surface area (Å²) < 4.78 is 0. The first kappa shape index (κ1) is 11.4. The van der Waals surface area contributed by atoms with Crippen LogP contribution in [0.4, 0.5) is 0 Å². The lowest BCUT2D eigenvalue weighted by Crippen LogP contribution is -1.87. The summed E-state index contributed by atoms with van der Waals surface area (Å²) in [4.78, 5) is 0. The van der Waals surface area contributed by atoms with E-state index in [0.29, 0.717) is 0 Å². The number of hydrogen-bond donors (Lipinski definition) is 1. The van der Waals surface area contributed by atoms with Crippen molar-refractivity contribution in [2.45, 2.75) is 0 Å². The number of phenolic OH excluding ortho intramolecular Hbond substituents is 1. The van der Waals surface area contributed by atoms with Gasteiger partial charge in [-0.3, -0.25) is 0 Å². The van der Waals surface area contributed by atoms with Gasteiger partial charge in [-0.15, -0.1) is 6.42 Å². The third-order valence-corrected chi connectivity index (χ3v) is 3.26. The fourth-order valence-electron chi connectivity index (χ4n) is 2.37. The molecule has 1 N–H and O–H groups in total. The van der Waals surface area contributed by atoms with Gasteiger partial charge in [0.2, 0.25) is 0 Å². The summed E-state index contributed by atoms with van der Waals surface area (Å²) in [6.07, 6.45) is 5.55. The highest BCUT2D eigenvalue weighted by Crippen LogP contribution is 2.37. The minimum Gasteiger partial charge on any atom is -0.507 e. The molecule has 0 saturated heterocycles. The van der Waals surface area contributed by atoms with Gasteiger partial charge in [-0.2, -0.15) is 0 Å². The van der Waals surface area contributed by atoms with Crippen LogP contribution in [0.3, 0.4) is 0 Å². The van der Waals surface area contributed by atoms with Crippen molar-refractivity contribution in [3.05, 3.63) is 66.2 Å². The molecule has 1 heteroatoms. The number of terminal acetylenes is 1. The van der Waals surface area contributed by atoms with Crippen molar-refractivity contribution in [3.63, 3.8) is 0 Å². The van der Waals surface area contributed by atoms with Crippen molar-refractivity contribution in [1.82, 2.24) is 0 Å². The average molecular weight is 244 g/mol. The molecule has 3 aromatic rings. The third-order valence-electron chi connectivity index (χ3n) is 3.26. The zero-order valence-corrected chi connectivity index (χ0v) is 10.3. The van der Waals surface area contributed by atoms with E-state index in [-0.39, 0.29) is 5.75 Å². The maximum absolute atomic E-state index is 10.2. The van der Waals surface area contributed by atoms with Gasteiger partial charge in [-0.25, -0.2) is 0 Å². The second-order valence-corrected chi connectivity index (χ2v) is 4.37. The standard InChI is InChI=1S/C18H12O/c1-2-13-7-3-5-9-15(13)18-16-10-6-4-8-14(16)11-12-17(18)19/h1,3-12,19H. The molecule has 0 bridgehead atoms. The molecule has 0 spiro atoms. The molecule has 0 aliphatic heterocycles. The zero-order chi connectivity index (χ0) is 13.2. The van der Waals surface area contributed by atoms with Crippen molar-refractivity contribution in [3.8, 4) is 29.2 Å². The number of rotatable bonds is 1. The summed E-state index contributed by atoms with van der Waals surface area (Å²) in [6.45, 7) is 0. The van der Waals surface area contributed by atoms with Crippen LogP contribution in [0.25, 0.3) is 21.9 Å². The predicted octanol–water partition coefficient (Wildman–Crippen LogP) is 4.19. The number of fused-ring (bicyclic) bond motifs is 1. The molecule has 0 saturated carbocycles. The smallest absolute Gasteiger partial charge is 0.124 e. The first-order valence-corrected chi connectivity index (χ1v) is 6.08. The Balaban J connectivity index is 2.43. The van der Waals surface area contributed by atoms with Crippen LogP contribution < -0.4 is 0 Å². The minimum absolute atomic E-state index is 0.251. The van der Waals surface area contributed by atoms with E-state index in [2.05, 4.69) is 5.92 Å². The Labute approximate surface area is 112 Å². The van der Waals surface area contributed by atoms with Crippen LogP contribution >= 0.6 is 0 Å². The molecule has 1 nitrogen and oxygen atoms in total. The Hall–Kier alpha value is -2.72. The van der Waals surface area contributed by atoms with Gasteiger partial charge < -0.3 is 5.11 Å². The molecule has 0 fully saturated rings. The van der Waals surface area contributed by atoms with Crippen LogP contribution in [-0.4, -0.2) is 5.11 Å². The Kier molecular flexibility index (Phi) is 2.70. The van der Waals surface area contributed by atoms with E-state index in [1.807, 2.05) is 54.6 Å². The van der Waals surface area contributed by atoms with Crippen molar-refractivity contribution in [2.75, 3.05) is 0 Å². The SMILES string of the molecule is C#Cc1ccccc1-c1c(O)ccc2ccccc12. The van der Waals surface area contributed by atoms with E-state index in [4.69, 9.17) is 6.42 Å². The van der Waals surface area contributed by atoms with Crippen LogP contribution in [-0.2, 0) is 0 Å². The highest BCUT2D eigenvalue weighted by molar-refractivity contribution is 6.00. The quantitative estimate of drug-likeness (QED) is 0.636. The normalized spacial score (nSPS) is 10.3. The van der Waals surface area contributed by atoms with Gasteiger partial charge in [-0.1, -0.05) is 54.5 Å². The number of hydrogen-bond acceptors (Lipinski definition) is 1. The lowest BCUT2D eigenvalue weighted by atomic mass is 9.94. The van der Waals surface area contributed by atoms with E-state index >= 15 is 0 Å². The minimum atomic E-state index is 0.251. The zero-order valence-electron chi connectivity index (χ0n) is 10.3. The molecule has 0 aromatic heterocycles. The monoisotopic (exact) mass is 244 g/mol. The first-order chi connectivity index (χ1) is 9.31. The van der Waals surface area contributed by atoms with Gasteiger partial charge in [0.1, 0.15) is 5.75 Å². The van der Waals surface area contributed by atoms with Crippen LogP contribution in [0, 0.1) is 12.3 Å². The highest BCUT2D eigenvalue weighted by atomic mass is 16.3. The third kappa shape index (κ3) is 1.84. The van der Waals surface area contributed by atoms with E-state index in [1.54, 1.807) is 6.07 Å².